The molecule has 0 saturated heterocycles. The minimum absolute atomic E-state index is 0.187. The molecule has 0 saturated carbocycles. The highest BCUT2D eigenvalue weighted by Gasteiger charge is 2.10. The van der Waals surface area contributed by atoms with E-state index in [2.05, 4.69) is 21.7 Å². The highest BCUT2D eigenvalue weighted by molar-refractivity contribution is 6.05. The highest BCUT2D eigenvalue weighted by atomic mass is 16.2. The van der Waals surface area contributed by atoms with Crippen LogP contribution in [0.2, 0.25) is 0 Å². The average molecular weight is 359 g/mol. The first-order valence-corrected chi connectivity index (χ1v) is 8.68. The molecule has 0 aliphatic heterocycles. The molecule has 2 amide bonds. The number of amides is 2. The molecular weight excluding hydrogens is 338 g/mol. The highest BCUT2D eigenvalue weighted by Crippen LogP contribution is 2.15. The molecule has 27 heavy (non-hydrogen) atoms. The van der Waals surface area contributed by atoms with Crippen LogP contribution in [0.4, 0.5) is 5.69 Å². The van der Waals surface area contributed by atoms with E-state index >= 15 is 0 Å². The lowest BCUT2D eigenvalue weighted by atomic mass is 10.1. The lowest BCUT2D eigenvalue weighted by Gasteiger charge is -2.09. The number of pyridine rings is 1. The van der Waals surface area contributed by atoms with Gasteiger partial charge in [-0.25, -0.2) is 0 Å². The molecule has 3 rings (SSSR count). The summed E-state index contributed by atoms with van der Waals surface area (Å²) in [5, 5.41) is 5.74. The summed E-state index contributed by atoms with van der Waals surface area (Å²) in [6.45, 7) is 4.40. The van der Waals surface area contributed by atoms with Gasteiger partial charge in [-0.15, -0.1) is 0 Å². The lowest BCUT2D eigenvalue weighted by molar-refractivity contribution is 0.0949. The molecule has 0 unspecified atom stereocenters. The predicted molar refractivity (Wildman–Crippen MR) is 106 cm³/mol. The monoisotopic (exact) mass is 359 g/mol. The number of nitrogens with one attached hydrogen (secondary N) is 2. The lowest BCUT2D eigenvalue weighted by Crippen LogP contribution is -2.23. The fourth-order valence-electron chi connectivity index (χ4n) is 2.81. The molecule has 1 heterocycles. The molecule has 2 aromatic carbocycles. The predicted octanol–water partition coefficient (Wildman–Crippen LogP) is 3.88. The Labute approximate surface area is 158 Å². The quantitative estimate of drug-likeness (QED) is 0.726. The Bertz CT molecular complexity index is 931. The summed E-state index contributed by atoms with van der Waals surface area (Å²) in [7, 11) is 0. The summed E-state index contributed by atoms with van der Waals surface area (Å²) in [5.41, 5.74) is 4.92. The first-order valence-electron chi connectivity index (χ1n) is 8.68. The number of carbonyl (C=O) groups excluding carboxylic acids is 2. The molecule has 5 heteroatoms. The molecular formula is C22H21N3O2. The number of nitrogens with zero attached hydrogens (tertiary/aromatic N) is 1. The van der Waals surface area contributed by atoms with Crippen molar-refractivity contribution in [2.75, 3.05) is 5.32 Å². The maximum absolute atomic E-state index is 12.4. The number of rotatable bonds is 5. The first-order chi connectivity index (χ1) is 13.0. The smallest absolute Gasteiger partial charge is 0.255 e. The summed E-state index contributed by atoms with van der Waals surface area (Å²) < 4.78 is 0. The molecule has 0 aliphatic rings. The summed E-state index contributed by atoms with van der Waals surface area (Å²) >= 11 is 0. The second-order valence-electron chi connectivity index (χ2n) is 6.45. The van der Waals surface area contributed by atoms with Gasteiger partial charge in [-0.3, -0.25) is 14.6 Å². The van der Waals surface area contributed by atoms with Crippen molar-refractivity contribution in [2.24, 2.45) is 0 Å². The van der Waals surface area contributed by atoms with E-state index < -0.39 is 0 Å². The SMILES string of the molecule is Cc1cc(C)cc(NC(=O)c2ccc(C(=O)NCc3ccncc3)cc2)c1. The van der Waals surface area contributed by atoms with Gasteiger partial charge in [0.25, 0.3) is 11.8 Å². The zero-order valence-electron chi connectivity index (χ0n) is 15.3. The van der Waals surface area contributed by atoms with Crippen LogP contribution in [0.5, 0.6) is 0 Å². The third kappa shape index (κ3) is 5.01. The molecule has 0 spiro atoms. The maximum atomic E-state index is 12.4. The normalized spacial score (nSPS) is 10.3. The van der Waals surface area contributed by atoms with Crippen LogP contribution in [0.25, 0.3) is 0 Å². The number of anilines is 1. The zero-order valence-corrected chi connectivity index (χ0v) is 15.3. The second-order valence-corrected chi connectivity index (χ2v) is 6.45. The number of aromatic nitrogens is 1. The minimum Gasteiger partial charge on any atom is -0.348 e. The molecule has 136 valence electrons. The van der Waals surface area contributed by atoms with E-state index in [1.807, 2.05) is 38.1 Å². The Morgan fingerprint density at radius 2 is 1.37 bits per heavy atom. The minimum atomic E-state index is -0.205. The third-order valence-electron chi connectivity index (χ3n) is 4.09. The van der Waals surface area contributed by atoms with Gasteiger partial charge < -0.3 is 10.6 Å². The van der Waals surface area contributed by atoms with Crippen molar-refractivity contribution in [3.8, 4) is 0 Å². The van der Waals surface area contributed by atoms with E-state index in [0.717, 1.165) is 22.4 Å². The first kappa shape index (κ1) is 18.3. The topological polar surface area (TPSA) is 71.1 Å². The largest absolute Gasteiger partial charge is 0.348 e. The van der Waals surface area contributed by atoms with Crippen molar-refractivity contribution in [3.05, 3.63) is 94.8 Å². The van der Waals surface area contributed by atoms with Crippen molar-refractivity contribution in [2.45, 2.75) is 20.4 Å². The van der Waals surface area contributed by atoms with E-state index in [4.69, 9.17) is 0 Å². The van der Waals surface area contributed by atoms with E-state index in [9.17, 15) is 9.59 Å². The van der Waals surface area contributed by atoms with E-state index in [0.29, 0.717) is 17.7 Å². The van der Waals surface area contributed by atoms with Gasteiger partial charge in [-0.1, -0.05) is 6.07 Å². The Morgan fingerprint density at radius 3 is 1.96 bits per heavy atom. The summed E-state index contributed by atoms with van der Waals surface area (Å²) in [6.07, 6.45) is 3.37. The van der Waals surface area contributed by atoms with Gasteiger partial charge in [-0.2, -0.15) is 0 Å². The molecule has 0 atom stereocenters. The summed E-state index contributed by atoms with van der Waals surface area (Å²) in [4.78, 5) is 28.6. The van der Waals surface area contributed by atoms with Crippen LogP contribution in [0.15, 0.2) is 67.0 Å². The summed E-state index contributed by atoms with van der Waals surface area (Å²) in [5.74, 6) is -0.392. The Hall–Kier alpha value is -3.47. The Kier molecular flexibility index (Phi) is 5.61. The van der Waals surface area contributed by atoms with Crippen molar-refractivity contribution in [1.82, 2.24) is 10.3 Å². The van der Waals surface area contributed by atoms with Crippen molar-refractivity contribution < 1.29 is 9.59 Å². The van der Waals surface area contributed by atoms with E-state index in [1.54, 1.807) is 36.7 Å². The fourth-order valence-corrected chi connectivity index (χ4v) is 2.81. The van der Waals surface area contributed by atoms with Crippen molar-refractivity contribution in [1.29, 1.82) is 0 Å². The van der Waals surface area contributed by atoms with E-state index in [1.165, 1.54) is 0 Å². The molecule has 0 aliphatic carbocycles. The number of benzene rings is 2. The summed E-state index contributed by atoms with van der Waals surface area (Å²) in [6, 6.07) is 16.2. The molecule has 1 aromatic heterocycles. The molecule has 0 fully saturated rings. The second kappa shape index (κ2) is 8.27. The fraction of sp³-hybridized carbons (Fsp3) is 0.136. The van der Waals surface area contributed by atoms with E-state index in [-0.39, 0.29) is 11.8 Å². The molecule has 0 radical (unpaired) electrons. The van der Waals surface area contributed by atoms with Crippen LogP contribution >= 0.6 is 0 Å². The van der Waals surface area contributed by atoms with Crippen LogP contribution in [0.1, 0.15) is 37.4 Å². The molecule has 0 bridgehead atoms. The molecule has 3 aromatic rings. The molecule has 5 nitrogen and oxygen atoms in total. The van der Waals surface area contributed by atoms with Gasteiger partial charge >= 0.3 is 0 Å². The van der Waals surface area contributed by atoms with Gasteiger partial charge in [0.2, 0.25) is 0 Å². The Morgan fingerprint density at radius 1 is 0.815 bits per heavy atom. The van der Waals surface area contributed by atoms with Gasteiger partial charge in [0, 0.05) is 35.8 Å². The van der Waals surface area contributed by atoms with Crippen LogP contribution < -0.4 is 10.6 Å². The van der Waals surface area contributed by atoms with Gasteiger partial charge in [0.1, 0.15) is 0 Å². The Balaban J connectivity index is 1.62. The number of aryl methyl sites for hydroxylation is 2. The van der Waals surface area contributed by atoms with Crippen molar-refractivity contribution in [3.63, 3.8) is 0 Å². The van der Waals surface area contributed by atoms with Crippen molar-refractivity contribution >= 4 is 17.5 Å². The maximum Gasteiger partial charge on any atom is 0.255 e. The number of hydrogen-bond donors (Lipinski definition) is 2. The van der Waals surface area contributed by atoms with Gasteiger partial charge in [-0.05, 0) is 79.1 Å². The van der Waals surface area contributed by atoms with Gasteiger partial charge in [0.05, 0.1) is 0 Å². The van der Waals surface area contributed by atoms with Gasteiger partial charge in [0.15, 0.2) is 0 Å². The number of hydrogen-bond acceptors (Lipinski definition) is 3. The average Bonchev–Trinajstić information content (AvgIpc) is 2.66. The van der Waals surface area contributed by atoms with Crippen LogP contribution in [0, 0.1) is 13.8 Å². The molecule has 2 N–H and O–H groups in total. The standard InChI is InChI=1S/C22H21N3O2/c1-15-11-16(2)13-20(12-15)25-22(27)19-5-3-18(4-6-19)21(26)24-14-17-7-9-23-10-8-17/h3-13H,14H2,1-2H3,(H,24,26)(H,25,27). The zero-order chi connectivity index (χ0) is 19.2. The van der Waals surface area contributed by atoms with Crippen LogP contribution in [-0.4, -0.2) is 16.8 Å². The third-order valence-corrected chi connectivity index (χ3v) is 4.09. The number of carbonyl (C=O) groups is 2. The van der Waals surface area contributed by atoms with Crippen LogP contribution in [-0.2, 0) is 6.54 Å². The van der Waals surface area contributed by atoms with Crippen LogP contribution in [0.3, 0.4) is 0 Å².